The van der Waals surface area contributed by atoms with Crippen LogP contribution in [0, 0.1) is 17.2 Å². The number of fused-ring (bicyclic) bond motifs is 1. The minimum absolute atomic E-state index is 0.158. The molecule has 0 amide bonds. The van der Waals surface area contributed by atoms with E-state index in [9.17, 15) is 4.39 Å². The second-order valence-electron chi connectivity index (χ2n) is 7.42. The summed E-state index contributed by atoms with van der Waals surface area (Å²) in [5.74, 6) is 0.656. The monoisotopic (exact) mass is 288 g/mol. The van der Waals surface area contributed by atoms with Crippen LogP contribution in [0.3, 0.4) is 0 Å². The van der Waals surface area contributed by atoms with Gasteiger partial charge in [-0.25, -0.2) is 4.39 Å². The number of nitrogens with zero attached hydrogens (tertiary/aromatic N) is 1. The number of halogens is 1. The van der Waals surface area contributed by atoms with Gasteiger partial charge < -0.3 is 4.98 Å². The van der Waals surface area contributed by atoms with E-state index >= 15 is 0 Å². The SMILES string of the molecule is CC(C)(C)C1CCN(Cc2c[nH]c3ccc(F)cc23)CC1. The van der Waals surface area contributed by atoms with Crippen molar-refractivity contribution < 1.29 is 4.39 Å². The van der Waals surface area contributed by atoms with Gasteiger partial charge in [-0.15, -0.1) is 0 Å². The van der Waals surface area contributed by atoms with Gasteiger partial charge in [-0.3, -0.25) is 4.90 Å². The summed E-state index contributed by atoms with van der Waals surface area (Å²) >= 11 is 0. The molecule has 1 fully saturated rings. The van der Waals surface area contributed by atoms with Crippen LogP contribution < -0.4 is 0 Å². The fourth-order valence-corrected chi connectivity index (χ4v) is 3.48. The first-order valence-electron chi connectivity index (χ1n) is 7.91. The molecule has 1 N–H and O–H groups in total. The quantitative estimate of drug-likeness (QED) is 0.858. The third-order valence-corrected chi connectivity index (χ3v) is 4.94. The summed E-state index contributed by atoms with van der Waals surface area (Å²) in [6.07, 6.45) is 4.56. The van der Waals surface area contributed by atoms with Crippen LogP contribution in [0.15, 0.2) is 24.4 Å². The maximum atomic E-state index is 13.4. The van der Waals surface area contributed by atoms with Crippen LogP contribution in [-0.2, 0) is 6.54 Å². The maximum absolute atomic E-state index is 13.4. The van der Waals surface area contributed by atoms with Crippen molar-refractivity contribution in [1.82, 2.24) is 9.88 Å². The molecule has 0 radical (unpaired) electrons. The normalized spacial score (nSPS) is 18.5. The summed E-state index contributed by atoms with van der Waals surface area (Å²) in [4.78, 5) is 5.74. The lowest BCUT2D eigenvalue weighted by atomic mass is 9.75. The molecule has 0 saturated carbocycles. The van der Waals surface area contributed by atoms with E-state index in [1.165, 1.54) is 24.5 Å². The molecule has 1 saturated heterocycles. The standard InChI is InChI=1S/C18H25FN2/c1-18(2,3)14-6-8-21(9-7-14)12-13-11-20-17-5-4-15(19)10-16(13)17/h4-5,10-11,14,20H,6-9,12H2,1-3H3. The Morgan fingerprint density at radius 3 is 2.62 bits per heavy atom. The van der Waals surface area contributed by atoms with Crippen LogP contribution in [0.1, 0.15) is 39.2 Å². The maximum Gasteiger partial charge on any atom is 0.123 e. The molecule has 0 spiro atoms. The highest BCUT2D eigenvalue weighted by Gasteiger charge is 2.28. The molecule has 0 unspecified atom stereocenters. The zero-order valence-corrected chi connectivity index (χ0v) is 13.2. The first kappa shape index (κ1) is 14.6. The number of rotatable bonds is 2. The van der Waals surface area contributed by atoms with E-state index in [1.807, 2.05) is 12.3 Å². The molecule has 114 valence electrons. The molecular weight excluding hydrogens is 263 g/mol. The lowest BCUT2D eigenvalue weighted by Crippen LogP contribution is -2.37. The molecule has 2 heterocycles. The average molecular weight is 288 g/mol. The topological polar surface area (TPSA) is 19.0 Å². The van der Waals surface area contributed by atoms with Crippen molar-refractivity contribution in [3.63, 3.8) is 0 Å². The van der Waals surface area contributed by atoms with Crippen molar-refractivity contribution in [2.75, 3.05) is 13.1 Å². The first-order valence-corrected chi connectivity index (χ1v) is 7.91. The first-order chi connectivity index (χ1) is 9.93. The van der Waals surface area contributed by atoms with E-state index in [4.69, 9.17) is 0 Å². The van der Waals surface area contributed by atoms with E-state index in [0.717, 1.165) is 36.5 Å². The summed E-state index contributed by atoms with van der Waals surface area (Å²) in [5, 5.41) is 1.02. The van der Waals surface area contributed by atoms with Crippen molar-refractivity contribution in [2.24, 2.45) is 11.3 Å². The zero-order chi connectivity index (χ0) is 15.0. The van der Waals surface area contributed by atoms with E-state index in [2.05, 4.69) is 30.7 Å². The Bertz CT molecular complexity index is 616. The van der Waals surface area contributed by atoms with E-state index in [1.54, 1.807) is 6.07 Å². The Labute approximate surface area is 126 Å². The molecule has 21 heavy (non-hydrogen) atoms. The highest BCUT2D eigenvalue weighted by Crippen LogP contribution is 2.34. The van der Waals surface area contributed by atoms with Crippen LogP contribution >= 0.6 is 0 Å². The predicted octanol–water partition coefficient (Wildman–Crippen LogP) is 4.57. The number of hydrogen-bond acceptors (Lipinski definition) is 1. The number of aromatic amines is 1. The molecule has 0 bridgehead atoms. The van der Waals surface area contributed by atoms with E-state index in [-0.39, 0.29) is 5.82 Å². The van der Waals surface area contributed by atoms with Crippen LogP contribution in [0.4, 0.5) is 4.39 Å². The molecule has 0 atom stereocenters. The number of hydrogen-bond donors (Lipinski definition) is 1. The Morgan fingerprint density at radius 2 is 1.95 bits per heavy atom. The van der Waals surface area contributed by atoms with Crippen LogP contribution in [0.5, 0.6) is 0 Å². The number of piperidine rings is 1. The third-order valence-electron chi connectivity index (χ3n) is 4.94. The highest BCUT2D eigenvalue weighted by atomic mass is 19.1. The van der Waals surface area contributed by atoms with Gasteiger partial charge in [0.2, 0.25) is 0 Å². The minimum Gasteiger partial charge on any atom is -0.361 e. The van der Waals surface area contributed by atoms with Gasteiger partial charge in [0, 0.05) is 23.6 Å². The molecule has 3 rings (SSSR count). The average Bonchev–Trinajstić information content (AvgIpc) is 2.81. The molecule has 0 aliphatic carbocycles. The summed E-state index contributed by atoms with van der Waals surface area (Å²) in [6.45, 7) is 10.2. The largest absolute Gasteiger partial charge is 0.361 e. The molecule has 1 aromatic heterocycles. The number of nitrogens with one attached hydrogen (secondary N) is 1. The summed E-state index contributed by atoms with van der Waals surface area (Å²) in [5.41, 5.74) is 2.64. The Hall–Kier alpha value is -1.35. The number of aromatic nitrogens is 1. The smallest absolute Gasteiger partial charge is 0.123 e. The Kier molecular flexibility index (Phi) is 3.78. The zero-order valence-electron chi connectivity index (χ0n) is 13.2. The van der Waals surface area contributed by atoms with Gasteiger partial charge in [-0.2, -0.15) is 0 Å². The van der Waals surface area contributed by atoms with Gasteiger partial charge in [-0.05, 0) is 61.0 Å². The predicted molar refractivity (Wildman–Crippen MR) is 85.7 cm³/mol. The van der Waals surface area contributed by atoms with Gasteiger partial charge in [0.05, 0.1) is 0 Å². The number of likely N-dealkylation sites (tertiary alicyclic amines) is 1. The number of H-pyrrole nitrogens is 1. The van der Waals surface area contributed by atoms with Crippen LogP contribution in [0.2, 0.25) is 0 Å². The molecule has 3 heteroatoms. The molecule has 2 aromatic rings. The van der Waals surface area contributed by atoms with Gasteiger partial charge in [0.1, 0.15) is 5.82 Å². The third kappa shape index (κ3) is 3.13. The van der Waals surface area contributed by atoms with Gasteiger partial charge in [0.25, 0.3) is 0 Å². The van der Waals surface area contributed by atoms with Gasteiger partial charge in [-0.1, -0.05) is 20.8 Å². The van der Waals surface area contributed by atoms with Crippen molar-refractivity contribution in [2.45, 2.75) is 40.2 Å². The molecule has 1 aromatic carbocycles. The fourth-order valence-electron chi connectivity index (χ4n) is 3.48. The molecule has 2 nitrogen and oxygen atoms in total. The number of benzene rings is 1. The Morgan fingerprint density at radius 1 is 1.24 bits per heavy atom. The highest BCUT2D eigenvalue weighted by molar-refractivity contribution is 5.83. The summed E-state index contributed by atoms with van der Waals surface area (Å²) in [7, 11) is 0. The lowest BCUT2D eigenvalue weighted by molar-refractivity contribution is 0.108. The van der Waals surface area contributed by atoms with Crippen LogP contribution in [0.25, 0.3) is 10.9 Å². The van der Waals surface area contributed by atoms with Crippen molar-refractivity contribution >= 4 is 10.9 Å². The molecular formula is C18H25FN2. The summed E-state index contributed by atoms with van der Waals surface area (Å²) in [6, 6.07) is 4.97. The van der Waals surface area contributed by atoms with Crippen molar-refractivity contribution in [1.29, 1.82) is 0 Å². The second kappa shape index (κ2) is 5.45. The van der Waals surface area contributed by atoms with E-state index < -0.39 is 0 Å². The molecule has 1 aliphatic rings. The lowest BCUT2D eigenvalue weighted by Gasteiger charge is -2.38. The van der Waals surface area contributed by atoms with Crippen molar-refractivity contribution in [3.8, 4) is 0 Å². The van der Waals surface area contributed by atoms with Gasteiger partial charge >= 0.3 is 0 Å². The second-order valence-corrected chi connectivity index (χ2v) is 7.42. The summed E-state index contributed by atoms with van der Waals surface area (Å²) < 4.78 is 13.4. The Balaban J connectivity index is 1.68. The van der Waals surface area contributed by atoms with Crippen molar-refractivity contribution in [3.05, 3.63) is 35.8 Å². The van der Waals surface area contributed by atoms with E-state index in [0.29, 0.717) is 5.41 Å². The van der Waals surface area contributed by atoms with Gasteiger partial charge in [0.15, 0.2) is 0 Å². The van der Waals surface area contributed by atoms with Crippen LogP contribution in [-0.4, -0.2) is 23.0 Å². The minimum atomic E-state index is -0.158. The fraction of sp³-hybridized carbons (Fsp3) is 0.556. The molecule has 1 aliphatic heterocycles.